The number of alkyl halides is 4. The average Bonchev–Trinajstić information content (AvgIpc) is 2.28. The van der Waals surface area contributed by atoms with Gasteiger partial charge in [0.15, 0.2) is 0 Å². The van der Waals surface area contributed by atoms with Gasteiger partial charge in [-0.2, -0.15) is 17.6 Å². The second-order valence-electron chi connectivity index (χ2n) is 2.92. The Morgan fingerprint density at radius 2 is 1.11 bits per heavy atom. The molecule has 0 spiro atoms. The molecule has 19 heavy (non-hydrogen) atoms. The minimum absolute atomic E-state index is 0. The van der Waals surface area contributed by atoms with Crippen LogP contribution in [0.15, 0.2) is 0 Å². The van der Waals surface area contributed by atoms with Gasteiger partial charge in [-0.15, -0.1) is 0 Å². The van der Waals surface area contributed by atoms with Gasteiger partial charge in [-0.25, -0.2) is 9.59 Å². The van der Waals surface area contributed by atoms with Gasteiger partial charge in [0.05, 0.1) is 13.2 Å². The van der Waals surface area contributed by atoms with E-state index >= 15 is 0 Å². The number of carbonyl (C=O) groups is 3. The molecule has 0 aliphatic carbocycles. The third kappa shape index (κ3) is 4.16. The summed E-state index contributed by atoms with van der Waals surface area (Å²) in [6, 6.07) is 0. The predicted molar refractivity (Wildman–Crippen MR) is 51.8 cm³/mol. The molecule has 0 atom stereocenters. The molecular formula is C9H12F4O6. The van der Waals surface area contributed by atoms with E-state index in [1.807, 2.05) is 0 Å². The zero-order chi connectivity index (χ0) is 14.6. The van der Waals surface area contributed by atoms with Crippen molar-refractivity contribution in [3.8, 4) is 0 Å². The lowest BCUT2D eigenvalue weighted by Crippen LogP contribution is -2.52. The van der Waals surface area contributed by atoms with Crippen LogP contribution in [0.25, 0.3) is 0 Å². The van der Waals surface area contributed by atoms with Crippen LogP contribution >= 0.6 is 0 Å². The zero-order valence-corrected chi connectivity index (χ0v) is 9.97. The van der Waals surface area contributed by atoms with E-state index in [2.05, 4.69) is 9.47 Å². The summed E-state index contributed by atoms with van der Waals surface area (Å²) >= 11 is 0. The van der Waals surface area contributed by atoms with Crippen molar-refractivity contribution in [3.05, 3.63) is 0 Å². The van der Waals surface area contributed by atoms with Crippen molar-refractivity contribution in [3.63, 3.8) is 0 Å². The molecule has 0 aliphatic heterocycles. The first kappa shape index (κ1) is 19.6. The van der Waals surface area contributed by atoms with Crippen LogP contribution in [0.4, 0.5) is 17.6 Å². The van der Waals surface area contributed by atoms with Crippen molar-refractivity contribution in [1.82, 2.24) is 0 Å². The number of halogens is 4. The maximum atomic E-state index is 13.0. The SMILES string of the molecule is CCOC(=O)C(F)(F)C(=O)C(F)(F)C(=O)OCC.O. The number of rotatable bonds is 6. The lowest BCUT2D eigenvalue weighted by atomic mass is 10.1. The summed E-state index contributed by atoms with van der Waals surface area (Å²) in [6.45, 7) is 1.21. The van der Waals surface area contributed by atoms with E-state index in [-0.39, 0.29) is 5.48 Å². The van der Waals surface area contributed by atoms with Crippen LogP contribution in [0.1, 0.15) is 13.8 Å². The molecule has 0 aromatic rings. The van der Waals surface area contributed by atoms with Gasteiger partial charge in [-0.1, -0.05) is 0 Å². The fourth-order valence-corrected chi connectivity index (χ4v) is 0.826. The zero-order valence-electron chi connectivity index (χ0n) is 9.97. The number of Topliss-reactive ketones (excluding diaryl/α,β-unsaturated/α-hetero) is 1. The number of hydrogen-bond donors (Lipinski definition) is 0. The Bertz CT molecular complexity index is 323. The molecule has 0 saturated heterocycles. The highest BCUT2D eigenvalue weighted by Gasteiger charge is 2.64. The normalized spacial score (nSPS) is 11.3. The molecule has 0 aliphatic rings. The smallest absolute Gasteiger partial charge is 0.406 e. The number of ether oxygens (including phenoxy) is 2. The summed E-state index contributed by atoms with van der Waals surface area (Å²) in [5, 5.41) is 0. The molecule has 112 valence electrons. The predicted octanol–water partition coefficient (Wildman–Crippen LogP) is 0.128. The van der Waals surface area contributed by atoms with Crippen molar-refractivity contribution in [1.29, 1.82) is 0 Å². The first-order valence-corrected chi connectivity index (χ1v) is 4.77. The van der Waals surface area contributed by atoms with Crippen LogP contribution in [0.5, 0.6) is 0 Å². The highest BCUT2D eigenvalue weighted by Crippen LogP contribution is 2.29. The molecular weight excluding hydrogens is 280 g/mol. The molecule has 0 aromatic carbocycles. The molecule has 2 N–H and O–H groups in total. The number of esters is 2. The summed E-state index contributed by atoms with van der Waals surface area (Å²) < 4.78 is 59.5. The molecule has 0 saturated carbocycles. The number of ketones is 1. The molecule has 0 aromatic heterocycles. The lowest BCUT2D eigenvalue weighted by Gasteiger charge is -2.18. The Morgan fingerprint density at radius 1 is 0.842 bits per heavy atom. The van der Waals surface area contributed by atoms with Crippen LogP contribution in [0.2, 0.25) is 0 Å². The summed E-state index contributed by atoms with van der Waals surface area (Å²) in [6.07, 6.45) is 0. The molecule has 0 amide bonds. The third-order valence-electron chi connectivity index (χ3n) is 1.63. The molecule has 0 radical (unpaired) electrons. The topological polar surface area (TPSA) is 101 Å². The summed E-state index contributed by atoms with van der Waals surface area (Å²) in [5.41, 5.74) is 0. The van der Waals surface area contributed by atoms with E-state index in [9.17, 15) is 31.9 Å². The Labute approximate surface area is 105 Å². The first-order valence-electron chi connectivity index (χ1n) is 4.77. The Morgan fingerprint density at radius 3 is 1.32 bits per heavy atom. The third-order valence-corrected chi connectivity index (χ3v) is 1.63. The van der Waals surface area contributed by atoms with Gasteiger partial charge < -0.3 is 14.9 Å². The van der Waals surface area contributed by atoms with E-state index in [0.29, 0.717) is 0 Å². The van der Waals surface area contributed by atoms with E-state index in [1.165, 1.54) is 0 Å². The minimum atomic E-state index is -5.12. The van der Waals surface area contributed by atoms with Crippen LogP contribution in [0.3, 0.4) is 0 Å². The van der Waals surface area contributed by atoms with Crippen molar-refractivity contribution in [2.24, 2.45) is 0 Å². The van der Waals surface area contributed by atoms with Crippen LogP contribution in [-0.2, 0) is 23.9 Å². The molecule has 6 nitrogen and oxygen atoms in total. The fraction of sp³-hybridized carbons (Fsp3) is 0.667. The van der Waals surface area contributed by atoms with E-state index < -0.39 is 42.8 Å². The average molecular weight is 292 g/mol. The lowest BCUT2D eigenvalue weighted by molar-refractivity contribution is -0.196. The van der Waals surface area contributed by atoms with Gasteiger partial charge in [0.25, 0.3) is 5.78 Å². The van der Waals surface area contributed by atoms with Gasteiger partial charge in [-0.3, -0.25) is 4.79 Å². The van der Waals surface area contributed by atoms with Crippen LogP contribution < -0.4 is 0 Å². The molecule has 0 heterocycles. The maximum Gasteiger partial charge on any atom is 0.406 e. The largest absolute Gasteiger partial charge is 0.461 e. The number of hydrogen-bond acceptors (Lipinski definition) is 5. The van der Waals surface area contributed by atoms with E-state index in [1.54, 1.807) is 0 Å². The van der Waals surface area contributed by atoms with Crippen LogP contribution in [-0.4, -0.2) is 48.3 Å². The van der Waals surface area contributed by atoms with Gasteiger partial charge in [0.2, 0.25) is 0 Å². The van der Waals surface area contributed by atoms with Crippen molar-refractivity contribution < 1.29 is 46.9 Å². The monoisotopic (exact) mass is 292 g/mol. The van der Waals surface area contributed by atoms with Gasteiger partial charge >= 0.3 is 23.8 Å². The van der Waals surface area contributed by atoms with Crippen LogP contribution in [0, 0.1) is 0 Å². The molecule has 0 bridgehead atoms. The second-order valence-corrected chi connectivity index (χ2v) is 2.92. The van der Waals surface area contributed by atoms with Crippen molar-refractivity contribution in [2.75, 3.05) is 13.2 Å². The Balaban J connectivity index is 0. The highest BCUT2D eigenvalue weighted by molar-refractivity contribution is 6.16. The van der Waals surface area contributed by atoms with Gasteiger partial charge in [0, 0.05) is 0 Å². The minimum Gasteiger partial charge on any atom is -0.461 e. The summed E-state index contributed by atoms with van der Waals surface area (Å²) in [5.74, 6) is -18.3. The van der Waals surface area contributed by atoms with E-state index in [0.717, 1.165) is 13.8 Å². The van der Waals surface area contributed by atoms with E-state index in [4.69, 9.17) is 0 Å². The summed E-state index contributed by atoms with van der Waals surface area (Å²) in [7, 11) is 0. The van der Waals surface area contributed by atoms with Gasteiger partial charge in [0.1, 0.15) is 0 Å². The van der Waals surface area contributed by atoms with Crippen molar-refractivity contribution >= 4 is 17.7 Å². The van der Waals surface area contributed by atoms with Gasteiger partial charge in [-0.05, 0) is 13.8 Å². The highest BCUT2D eigenvalue weighted by atomic mass is 19.3. The summed E-state index contributed by atoms with van der Waals surface area (Å²) in [4.78, 5) is 32.1. The standard InChI is InChI=1S/C9H10F4O5.H2O/c1-3-17-6(15)8(10,11)5(14)9(12,13)7(16)18-4-2;/h3-4H2,1-2H3;1H2. The molecule has 0 rings (SSSR count). The fourth-order valence-electron chi connectivity index (χ4n) is 0.826. The maximum absolute atomic E-state index is 13.0. The molecule has 10 heteroatoms. The second kappa shape index (κ2) is 7.02. The first-order chi connectivity index (χ1) is 8.12. The number of carbonyl (C=O) groups excluding carboxylic acids is 3. The molecule has 0 fully saturated rings. The molecule has 0 unspecified atom stereocenters. The Hall–Kier alpha value is -1.71. The van der Waals surface area contributed by atoms with Crippen molar-refractivity contribution in [2.45, 2.75) is 25.7 Å². The quantitative estimate of drug-likeness (QED) is 0.393. The Kier molecular flexibility index (Phi) is 7.25.